The van der Waals surface area contributed by atoms with E-state index in [0.29, 0.717) is 6.54 Å². The number of hydrogen-bond donors (Lipinski definition) is 2. The SMILES string of the molecule is CC(C)(C)NC[C@@H](O)COc1cccc2ccccc12.Cl. The first-order valence-corrected chi connectivity index (χ1v) is 6.99. The Morgan fingerprint density at radius 2 is 1.76 bits per heavy atom. The van der Waals surface area contributed by atoms with Crippen LogP contribution in [0.2, 0.25) is 0 Å². The second-order valence-electron chi connectivity index (χ2n) is 6.07. The number of aliphatic hydroxyl groups excluding tert-OH is 1. The van der Waals surface area contributed by atoms with Crippen LogP contribution in [-0.2, 0) is 0 Å². The average molecular weight is 310 g/mol. The summed E-state index contributed by atoms with van der Waals surface area (Å²) >= 11 is 0. The first kappa shape index (κ1) is 17.8. The molecule has 116 valence electrons. The lowest BCUT2D eigenvalue weighted by molar-refractivity contribution is 0.101. The van der Waals surface area contributed by atoms with Gasteiger partial charge in [0.25, 0.3) is 0 Å². The van der Waals surface area contributed by atoms with Gasteiger partial charge in [-0.1, -0.05) is 36.4 Å². The molecule has 0 amide bonds. The molecule has 0 saturated carbocycles. The van der Waals surface area contributed by atoms with Crippen molar-refractivity contribution >= 4 is 23.2 Å². The summed E-state index contributed by atoms with van der Waals surface area (Å²) in [7, 11) is 0. The number of benzene rings is 2. The van der Waals surface area contributed by atoms with Crippen LogP contribution in [0.1, 0.15) is 20.8 Å². The van der Waals surface area contributed by atoms with Crippen LogP contribution in [0.4, 0.5) is 0 Å². The van der Waals surface area contributed by atoms with Crippen molar-refractivity contribution in [2.45, 2.75) is 32.4 Å². The molecule has 4 heteroatoms. The second-order valence-corrected chi connectivity index (χ2v) is 6.07. The molecule has 2 N–H and O–H groups in total. The Labute approximate surface area is 132 Å². The van der Waals surface area contributed by atoms with Crippen LogP contribution >= 0.6 is 12.4 Å². The summed E-state index contributed by atoms with van der Waals surface area (Å²) in [5, 5.41) is 15.4. The topological polar surface area (TPSA) is 41.5 Å². The first-order valence-electron chi connectivity index (χ1n) is 6.99. The van der Waals surface area contributed by atoms with Gasteiger partial charge in [0.2, 0.25) is 0 Å². The monoisotopic (exact) mass is 309 g/mol. The molecule has 0 radical (unpaired) electrons. The summed E-state index contributed by atoms with van der Waals surface area (Å²) in [6.45, 7) is 7.03. The molecule has 1 atom stereocenters. The molecule has 2 rings (SSSR count). The molecule has 0 aliphatic carbocycles. The second kappa shape index (κ2) is 7.64. The highest BCUT2D eigenvalue weighted by Crippen LogP contribution is 2.25. The van der Waals surface area contributed by atoms with E-state index in [0.717, 1.165) is 16.5 Å². The van der Waals surface area contributed by atoms with Crippen molar-refractivity contribution in [3.8, 4) is 5.75 Å². The lowest BCUT2D eigenvalue weighted by Crippen LogP contribution is -2.42. The fourth-order valence-corrected chi connectivity index (χ4v) is 1.99. The fourth-order valence-electron chi connectivity index (χ4n) is 1.99. The molecule has 0 saturated heterocycles. The van der Waals surface area contributed by atoms with Gasteiger partial charge < -0.3 is 15.2 Å². The van der Waals surface area contributed by atoms with Crippen molar-refractivity contribution in [2.24, 2.45) is 0 Å². The average Bonchev–Trinajstić information content (AvgIpc) is 2.42. The molecule has 0 aliphatic heterocycles. The first-order chi connectivity index (χ1) is 9.46. The molecule has 0 aliphatic rings. The molecule has 0 bridgehead atoms. The van der Waals surface area contributed by atoms with E-state index in [2.05, 4.69) is 38.2 Å². The number of rotatable bonds is 5. The summed E-state index contributed by atoms with van der Waals surface area (Å²) in [5.41, 5.74) is 0.000420. The van der Waals surface area contributed by atoms with Crippen molar-refractivity contribution in [2.75, 3.05) is 13.2 Å². The van der Waals surface area contributed by atoms with Crippen LogP contribution in [0.5, 0.6) is 5.75 Å². The number of aliphatic hydroxyl groups is 1. The maximum absolute atomic E-state index is 9.96. The fraction of sp³-hybridized carbons (Fsp3) is 0.412. The van der Waals surface area contributed by atoms with E-state index in [1.807, 2.05) is 30.3 Å². The van der Waals surface area contributed by atoms with Crippen molar-refractivity contribution in [3.05, 3.63) is 42.5 Å². The van der Waals surface area contributed by atoms with Crippen molar-refractivity contribution in [1.29, 1.82) is 0 Å². The standard InChI is InChI=1S/C17H23NO2.ClH/c1-17(2,3)18-11-14(19)12-20-16-10-6-8-13-7-4-5-9-15(13)16;/h4-10,14,18-19H,11-12H2,1-3H3;1H/t14-;/m1./s1. The van der Waals surface area contributed by atoms with Crippen LogP contribution in [-0.4, -0.2) is 29.9 Å². The van der Waals surface area contributed by atoms with E-state index in [-0.39, 0.29) is 24.6 Å². The third-order valence-corrected chi connectivity index (χ3v) is 3.05. The molecular weight excluding hydrogens is 286 g/mol. The van der Waals surface area contributed by atoms with Crippen LogP contribution in [0.15, 0.2) is 42.5 Å². The van der Waals surface area contributed by atoms with Crippen LogP contribution < -0.4 is 10.1 Å². The van der Waals surface area contributed by atoms with Gasteiger partial charge in [-0.15, -0.1) is 12.4 Å². The van der Waals surface area contributed by atoms with Crippen molar-refractivity contribution < 1.29 is 9.84 Å². The summed E-state index contributed by atoms with van der Waals surface area (Å²) in [5.74, 6) is 0.818. The predicted molar refractivity (Wildman–Crippen MR) is 90.5 cm³/mol. The van der Waals surface area contributed by atoms with Crippen molar-refractivity contribution in [1.82, 2.24) is 5.32 Å². The maximum Gasteiger partial charge on any atom is 0.127 e. The minimum absolute atomic E-state index is 0. The molecule has 0 spiro atoms. The zero-order valence-electron chi connectivity index (χ0n) is 12.8. The van der Waals surface area contributed by atoms with E-state index in [4.69, 9.17) is 4.74 Å². The van der Waals surface area contributed by atoms with E-state index in [9.17, 15) is 5.11 Å². The van der Waals surface area contributed by atoms with Crippen LogP contribution in [0.25, 0.3) is 10.8 Å². The number of β-amino-alcohol motifs (C(OH)–C–C–N with tert-alkyl or cyclic N) is 1. The number of nitrogens with one attached hydrogen (secondary N) is 1. The van der Waals surface area contributed by atoms with Gasteiger partial charge in [0, 0.05) is 17.5 Å². The van der Waals surface area contributed by atoms with Gasteiger partial charge in [-0.05, 0) is 32.2 Å². The Morgan fingerprint density at radius 1 is 1.10 bits per heavy atom. The van der Waals surface area contributed by atoms with Crippen LogP contribution in [0.3, 0.4) is 0 Å². The smallest absolute Gasteiger partial charge is 0.127 e. The minimum atomic E-state index is -0.520. The highest BCUT2D eigenvalue weighted by Gasteiger charge is 2.13. The molecule has 0 fully saturated rings. The van der Waals surface area contributed by atoms with Crippen molar-refractivity contribution in [3.63, 3.8) is 0 Å². The zero-order valence-corrected chi connectivity index (χ0v) is 13.6. The van der Waals surface area contributed by atoms with E-state index in [1.165, 1.54) is 0 Å². The highest BCUT2D eigenvalue weighted by molar-refractivity contribution is 5.88. The van der Waals surface area contributed by atoms with Gasteiger partial charge in [0.05, 0.1) is 0 Å². The largest absolute Gasteiger partial charge is 0.490 e. The molecular formula is C17H24ClNO2. The summed E-state index contributed by atoms with van der Waals surface area (Å²) < 4.78 is 5.76. The molecule has 0 aromatic heterocycles. The normalized spacial score (nSPS) is 12.8. The minimum Gasteiger partial charge on any atom is -0.490 e. The number of fused-ring (bicyclic) bond motifs is 1. The molecule has 0 unspecified atom stereocenters. The van der Waals surface area contributed by atoms with Gasteiger partial charge in [-0.25, -0.2) is 0 Å². The lowest BCUT2D eigenvalue weighted by atomic mass is 10.1. The quantitative estimate of drug-likeness (QED) is 0.889. The Bertz CT molecular complexity index is 561. The van der Waals surface area contributed by atoms with Gasteiger partial charge in [0.15, 0.2) is 0 Å². The summed E-state index contributed by atoms with van der Waals surface area (Å²) in [4.78, 5) is 0. The Morgan fingerprint density at radius 3 is 2.48 bits per heavy atom. The predicted octanol–water partition coefficient (Wildman–Crippen LogP) is 3.39. The molecule has 3 nitrogen and oxygen atoms in total. The van der Waals surface area contributed by atoms with E-state index < -0.39 is 6.10 Å². The van der Waals surface area contributed by atoms with E-state index in [1.54, 1.807) is 0 Å². The third kappa shape index (κ3) is 5.54. The number of halogens is 1. The van der Waals surface area contributed by atoms with E-state index >= 15 is 0 Å². The van der Waals surface area contributed by atoms with Gasteiger partial charge in [0.1, 0.15) is 18.5 Å². The summed E-state index contributed by atoms with van der Waals surface area (Å²) in [6, 6.07) is 14.1. The number of ether oxygens (including phenoxy) is 1. The summed E-state index contributed by atoms with van der Waals surface area (Å²) in [6.07, 6.45) is -0.520. The van der Waals surface area contributed by atoms with Gasteiger partial charge >= 0.3 is 0 Å². The van der Waals surface area contributed by atoms with Gasteiger partial charge in [-0.2, -0.15) is 0 Å². The maximum atomic E-state index is 9.96. The highest BCUT2D eigenvalue weighted by atomic mass is 35.5. The zero-order chi connectivity index (χ0) is 14.6. The Balaban J connectivity index is 0.00000220. The molecule has 2 aromatic carbocycles. The Hall–Kier alpha value is -1.29. The van der Waals surface area contributed by atoms with Gasteiger partial charge in [-0.3, -0.25) is 0 Å². The molecule has 0 heterocycles. The lowest BCUT2D eigenvalue weighted by Gasteiger charge is -2.23. The third-order valence-electron chi connectivity index (χ3n) is 3.05. The van der Waals surface area contributed by atoms with Crippen LogP contribution in [0, 0.1) is 0 Å². The Kier molecular flexibility index (Phi) is 6.46. The number of hydrogen-bond acceptors (Lipinski definition) is 3. The molecule has 2 aromatic rings. The molecule has 21 heavy (non-hydrogen) atoms.